The Morgan fingerprint density at radius 2 is 2.28 bits per heavy atom. The summed E-state index contributed by atoms with van der Waals surface area (Å²) in [7, 11) is 1.34. The lowest BCUT2D eigenvalue weighted by Gasteiger charge is -2.11. The van der Waals surface area contributed by atoms with Crippen LogP contribution in [0.1, 0.15) is 19.5 Å². The fourth-order valence-electron chi connectivity index (χ4n) is 1.25. The van der Waals surface area contributed by atoms with Gasteiger partial charge in [-0.1, -0.05) is 0 Å². The van der Waals surface area contributed by atoms with Gasteiger partial charge in [0.2, 0.25) is 5.91 Å². The summed E-state index contributed by atoms with van der Waals surface area (Å²) >= 11 is 1.36. The van der Waals surface area contributed by atoms with E-state index in [0.717, 1.165) is 0 Å². The molecule has 6 nitrogen and oxygen atoms in total. The molecule has 1 amide bonds. The van der Waals surface area contributed by atoms with Crippen LogP contribution in [0.4, 0.5) is 5.13 Å². The van der Waals surface area contributed by atoms with Crippen LogP contribution in [0.2, 0.25) is 0 Å². The van der Waals surface area contributed by atoms with Gasteiger partial charge in [0.15, 0.2) is 5.13 Å². The molecule has 0 bridgehead atoms. The molecule has 0 fully saturated rings. The zero-order valence-corrected chi connectivity index (χ0v) is 11.5. The van der Waals surface area contributed by atoms with E-state index in [2.05, 4.69) is 20.4 Å². The molecule has 1 atom stereocenters. The van der Waals surface area contributed by atoms with Gasteiger partial charge in [0.25, 0.3) is 0 Å². The van der Waals surface area contributed by atoms with Gasteiger partial charge in [-0.3, -0.25) is 9.59 Å². The van der Waals surface area contributed by atoms with Crippen LogP contribution in [0.5, 0.6) is 0 Å². The average molecular weight is 271 g/mol. The number of nitrogens with zero attached hydrogens (tertiary/aromatic N) is 1. The summed E-state index contributed by atoms with van der Waals surface area (Å²) in [6.07, 6.45) is 0.143. The molecule has 7 heteroatoms. The van der Waals surface area contributed by atoms with E-state index in [1.807, 2.05) is 6.92 Å². The van der Waals surface area contributed by atoms with Crippen LogP contribution in [0, 0.1) is 0 Å². The highest BCUT2D eigenvalue weighted by Gasteiger charge is 2.14. The summed E-state index contributed by atoms with van der Waals surface area (Å²) in [5.41, 5.74) is 0.637. The van der Waals surface area contributed by atoms with Gasteiger partial charge in [-0.2, -0.15) is 0 Å². The molecule has 0 spiro atoms. The number of aromatic nitrogens is 1. The second-order valence-electron chi connectivity index (χ2n) is 3.66. The molecule has 0 saturated carbocycles. The van der Waals surface area contributed by atoms with E-state index < -0.39 is 0 Å². The van der Waals surface area contributed by atoms with Crippen LogP contribution in [0.25, 0.3) is 0 Å². The van der Waals surface area contributed by atoms with E-state index >= 15 is 0 Å². The Kier molecular flexibility index (Phi) is 5.57. The van der Waals surface area contributed by atoms with Crippen molar-refractivity contribution in [2.45, 2.75) is 26.3 Å². The Morgan fingerprint density at radius 3 is 2.89 bits per heavy atom. The van der Waals surface area contributed by atoms with Gasteiger partial charge in [0.05, 0.1) is 19.2 Å². The molecular weight excluding hydrogens is 254 g/mol. The molecule has 100 valence electrons. The first-order valence-electron chi connectivity index (χ1n) is 5.62. The minimum Gasteiger partial charge on any atom is -0.469 e. The molecule has 0 saturated heterocycles. The van der Waals surface area contributed by atoms with Gasteiger partial charge < -0.3 is 15.4 Å². The Hall–Kier alpha value is -1.63. The van der Waals surface area contributed by atoms with Gasteiger partial charge in [0.1, 0.15) is 6.04 Å². The van der Waals surface area contributed by atoms with Crippen molar-refractivity contribution >= 4 is 28.3 Å². The Balaban J connectivity index is 2.53. The van der Waals surface area contributed by atoms with Gasteiger partial charge in [-0.15, -0.1) is 11.3 Å². The first-order chi connectivity index (χ1) is 8.56. The van der Waals surface area contributed by atoms with Crippen molar-refractivity contribution in [3.63, 3.8) is 0 Å². The number of nitrogens with one attached hydrogen (secondary N) is 2. The van der Waals surface area contributed by atoms with E-state index in [1.54, 1.807) is 12.3 Å². The molecule has 1 aromatic heterocycles. The molecule has 2 N–H and O–H groups in total. The normalized spacial score (nSPS) is 11.7. The van der Waals surface area contributed by atoms with Gasteiger partial charge in [-0.25, -0.2) is 4.98 Å². The summed E-state index contributed by atoms with van der Waals surface area (Å²) in [6.45, 7) is 4.21. The minimum atomic E-state index is -0.359. The number of ether oxygens (including phenoxy) is 1. The number of thiazole rings is 1. The zero-order valence-electron chi connectivity index (χ0n) is 10.6. The van der Waals surface area contributed by atoms with Crippen molar-refractivity contribution in [2.75, 3.05) is 19.0 Å². The predicted molar refractivity (Wildman–Crippen MR) is 69.6 cm³/mol. The maximum atomic E-state index is 11.5. The number of hydrogen-bond acceptors (Lipinski definition) is 6. The number of anilines is 1. The molecule has 0 aromatic carbocycles. The van der Waals surface area contributed by atoms with Crippen LogP contribution < -0.4 is 10.6 Å². The summed E-state index contributed by atoms with van der Waals surface area (Å²) in [5.74, 6) is -0.411. The fourth-order valence-corrected chi connectivity index (χ4v) is 2.05. The maximum Gasteiger partial charge on any atom is 0.311 e. The van der Waals surface area contributed by atoms with Crippen LogP contribution >= 0.6 is 11.3 Å². The van der Waals surface area contributed by atoms with Crippen LogP contribution in [-0.2, 0) is 20.7 Å². The maximum absolute atomic E-state index is 11.5. The van der Waals surface area contributed by atoms with Crippen molar-refractivity contribution in [2.24, 2.45) is 0 Å². The highest BCUT2D eigenvalue weighted by molar-refractivity contribution is 7.13. The molecule has 1 rings (SSSR count). The number of amides is 1. The Morgan fingerprint density at radius 1 is 1.56 bits per heavy atom. The summed E-state index contributed by atoms with van der Waals surface area (Å²) in [6, 6.07) is -0.359. The lowest BCUT2D eigenvalue weighted by atomic mass is 10.3. The van der Waals surface area contributed by atoms with Gasteiger partial charge >= 0.3 is 5.97 Å². The number of likely N-dealkylation sites (N-methyl/N-ethyl adjacent to an activating group) is 1. The van der Waals surface area contributed by atoms with E-state index in [-0.39, 0.29) is 24.3 Å². The molecule has 0 radical (unpaired) electrons. The third kappa shape index (κ3) is 4.33. The third-order valence-electron chi connectivity index (χ3n) is 2.19. The zero-order chi connectivity index (χ0) is 13.5. The van der Waals surface area contributed by atoms with E-state index in [4.69, 9.17) is 0 Å². The number of carbonyl (C=O) groups excluding carboxylic acids is 2. The molecule has 0 aliphatic heterocycles. The van der Waals surface area contributed by atoms with Crippen molar-refractivity contribution in [1.82, 2.24) is 10.3 Å². The van der Waals surface area contributed by atoms with Crippen molar-refractivity contribution in [1.29, 1.82) is 0 Å². The quantitative estimate of drug-likeness (QED) is 0.748. The number of rotatable bonds is 6. The summed E-state index contributed by atoms with van der Waals surface area (Å²) in [5, 5.41) is 8.08. The topological polar surface area (TPSA) is 80.3 Å². The monoisotopic (exact) mass is 271 g/mol. The average Bonchev–Trinajstić information content (AvgIpc) is 2.76. The van der Waals surface area contributed by atoms with E-state index in [0.29, 0.717) is 17.4 Å². The number of hydrogen-bond donors (Lipinski definition) is 2. The molecule has 1 unspecified atom stereocenters. The highest BCUT2D eigenvalue weighted by Crippen LogP contribution is 2.16. The Bertz CT molecular complexity index is 419. The standard InChI is InChI=1S/C11H17N3O3S/c1-4-12-10(16)7(2)13-11-14-8(6-18-11)5-9(15)17-3/h6-7H,4-5H2,1-3H3,(H,12,16)(H,13,14). The Labute approximate surface area is 110 Å². The first-order valence-corrected chi connectivity index (χ1v) is 6.50. The molecular formula is C11H17N3O3S. The smallest absolute Gasteiger partial charge is 0.311 e. The van der Waals surface area contributed by atoms with E-state index in [9.17, 15) is 9.59 Å². The first kappa shape index (κ1) is 14.4. The van der Waals surface area contributed by atoms with Crippen LogP contribution in [-0.4, -0.2) is 36.6 Å². The highest BCUT2D eigenvalue weighted by atomic mass is 32.1. The second-order valence-corrected chi connectivity index (χ2v) is 4.52. The van der Waals surface area contributed by atoms with Crippen molar-refractivity contribution < 1.29 is 14.3 Å². The predicted octanol–water partition coefficient (Wildman–Crippen LogP) is 0.795. The largest absolute Gasteiger partial charge is 0.469 e. The molecule has 18 heavy (non-hydrogen) atoms. The summed E-state index contributed by atoms with van der Waals surface area (Å²) < 4.78 is 4.56. The van der Waals surface area contributed by atoms with E-state index in [1.165, 1.54) is 18.4 Å². The van der Waals surface area contributed by atoms with Gasteiger partial charge in [0, 0.05) is 11.9 Å². The number of esters is 1. The van der Waals surface area contributed by atoms with Crippen LogP contribution in [0.15, 0.2) is 5.38 Å². The lowest BCUT2D eigenvalue weighted by Crippen LogP contribution is -2.37. The van der Waals surface area contributed by atoms with Crippen molar-refractivity contribution in [3.05, 3.63) is 11.1 Å². The number of carbonyl (C=O) groups is 2. The second kappa shape index (κ2) is 6.95. The lowest BCUT2D eigenvalue weighted by molar-refractivity contribution is -0.139. The summed E-state index contributed by atoms with van der Waals surface area (Å²) in [4.78, 5) is 26.8. The molecule has 1 aromatic rings. The molecule has 1 heterocycles. The van der Waals surface area contributed by atoms with Gasteiger partial charge in [-0.05, 0) is 13.8 Å². The third-order valence-corrected chi connectivity index (χ3v) is 3.01. The molecule has 0 aliphatic rings. The number of methoxy groups -OCH3 is 1. The SMILES string of the molecule is CCNC(=O)C(C)Nc1nc(CC(=O)OC)cs1. The van der Waals surface area contributed by atoms with Crippen molar-refractivity contribution in [3.8, 4) is 0 Å². The molecule has 0 aliphatic carbocycles. The fraction of sp³-hybridized carbons (Fsp3) is 0.545. The minimum absolute atomic E-state index is 0.0813. The van der Waals surface area contributed by atoms with Crippen LogP contribution in [0.3, 0.4) is 0 Å².